The van der Waals surface area contributed by atoms with Crippen LogP contribution in [-0.2, 0) is 0 Å². The summed E-state index contributed by atoms with van der Waals surface area (Å²) in [4.78, 5) is 0. The van der Waals surface area contributed by atoms with E-state index < -0.39 is 0 Å². The number of hydrogen-bond donors (Lipinski definition) is 0. The summed E-state index contributed by atoms with van der Waals surface area (Å²) < 4.78 is 0.170. The van der Waals surface area contributed by atoms with Gasteiger partial charge in [-0.3, -0.25) is 0 Å². The van der Waals surface area contributed by atoms with Crippen LogP contribution in [0.3, 0.4) is 0 Å². The van der Waals surface area contributed by atoms with Gasteiger partial charge in [-0.15, -0.1) is 0 Å². The predicted octanol–water partition coefficient (Wildman–Crippen LogP) is 5.63. The lowest BCUT2D eigenvalue weighted by atomic mass is 10.1. The first-order valence-corrected chi connectivity index (χ1v) is 7.02. The van der Waals surface area contributed by atoms with E-state index >= 15 is 0 Å². The van der Waals surface area contributed by atoms with E-state index in [9.17, 15) is 0 Å². The molecule has 0 N–H and O–H groups in total. The van der Waals surface area contributed by atoms with Crippen molar-refractivity contribution in [2.75, 3.05) is 0 Å². The van der Waals surface area contributed by atoms with Crippen molar-refractivity contribution in [3.63, 3.8) is 0 Å². The topological polar surface area (TPSA) is 0 Å². The van der Waals surface area contributed by atoms with Gasteiger partial charge >= 0.3 is 0 Å². The lowest BCUT2D eigenvalue weighted by Gasteiger charge is -2.12. The third-order valence-corrected chi connectivity index (χ3v) is 3.01. The van der Waals surface area contributed by atoms with Crippen LogP contribution in [0.2, 0.25) is 0 Å². The minimum Gasteiger partial charge on any atom is -0.0730 e. The van der Waals surface area contributed by atoms with Gasteiger partial charge in [0.2, 0.25) is 0 Å². The highest BCUT2D eigenvalue weighted by molar-refractivity contribution is 9.25. The second-order valence-corrected chi connectivity index (χ2v) is 8.51. The van der Waals surface area contributed by atoms with Crippen LogP contribution >= 0.6 is 31.9 Å². The molecule has 0 unspecified atom stereocenters. The van der Waals surface area contributed by atoms with Gasteiger partial charge in [0.05, 0.1) is 3.23 Å². The van der Waals surface area contributed by atoms with Crippen molar-refractivity contribution in [1.29, 1.82) is 0 Å². The average Bonchev–Trinajstić information content (AvgIpc) is 2.01. The van der Waals surface area contributed by atoms with Crippen LogP contribution in [0.1, 0.15) is 65.2 Å². The molecule has 0 aromatic heterocycles. The maximum Gasteiger partial charge on any atom is 0.0777 e. The molecule has 0 fully saturated rings. The van der Waals surface area contributed by atoms with E-state index in [1.807, 2.05) is 0 Å². The molecule has 0 rings (SSSR count). The first kappa shape index (κ1) is 14.0. The van der Waals surface area contributed by atoms with Crippen LogP contribution in [0.25, 0.3) is 0 Å². The summed E-state index contributed by atoms with van der Waals surface area (Å²) >= 11 is 7.18. The molecule has 80 valence electrons. The van der Waals surface area contributed by atoms with Crippen LogP contribution in [0.5, 0.6) is 0 Å². The predicted molar refractivity (Wildman–Crippen MR) is 68.9 cm³/mol. The molecular weight excluding hydrogens is 292 g/mol. The first-order chi connectivity index (χ1) is 6.06. The van der Waals surface area contributed by atoms with Gasteiger partial charge in [-0.2, -0.15) is 0 Å². The molecule has 0 amide bonds. The molecule has 0 heterocycles. The fraction of sp³-hybridized carbons (Fsp3) is 1.00. The fourth-order valence-corrected chi connectivity index (χ4v) is 1.95. The second kappa shape index (κ2) is 8.28. The molecule has 0 nitrogen and oxygen atoms in total. The second-order valence-electron chi connectivity index (χ2n) is 3.94. The Bertz CT molecular complexity index is 105. The van der Waals surface area contributed by atoms with Gasteiger partial charge < -0.3 is 0 Å². The lowest BCUT2D eigenvalue weighted by molar-refractivity contribution is 0.572. The van der Waals surface area contributed by atoms with Crippen molar-refractivity contribution in [2.45, 2.75) is 68.4 Å². The Kier molecular flexibility index (Phi) is 8.90. The average molecular weight is 314 g/mol. The van der Waals surface area contributed by atoms with E-state index in [0.29, 0.717) is 0 Å². The molecule has 0 aliphatic carbocycles. The molecule has 0 spiro atoms. The molecule has 0 aliphatic rings. The van der Waals surface area contributed by atoms with Crippen LogP contribution in [0, 0.1) is 0 Å². The van der Waals surface area contributed by atoms with Gasteiger partial charge in [0, 0.05) is 0 Å². The summed E-state index contributed by atoms with van der Waals surface area (Å²) in [6, 6.07) is 0. The Balaban J connectivity index is 3.00. The smallest absolute Gasteiger partial charge is 0.0730 e. The zero-order valence-corrected chi connectivity index (χ0v) is 12.1. The van der Waals surface area contributed by atoms with E-state index in [0.717, 1.165) is 0 Å². The highest BCUT2D eigenvalue weighted by Gasteiger charge is 2.13. The normalized spacial score (nSPS) is 12.0. The Labute approximate surface area is 100 Å². The third-order valence-electron chi connectivity index (χ3n) is 2.22. The highest BCUT2D eigenvalue weighted by Crippen LogP contribution is 2.31. The maximum atomic E-state index is 3.59. The van der Waals surface area contributed by atoms with Gasteiger partial charge in [-0.05, 0) is 13.3 Å². The summed E-state index contributed by atoms with van der Waals surface area (Å²) in [5.41, 5.74) is 0. The van der Waals surface area contributed by atoms with Crippen LogP contribution in [0.4, 0.5) is 0 Å². The summed E-state index contributed by atoms with van der Waals surface area (Å²) in [7, 11) is 0. The molecule has 0 aliphatic heterocycles. The Morgan fingerprint density at radius 2 is 1.31 bits per heavy atom. The zero-order valence-electron chi connectivity index (χ0n) is 8.91. The number of unbranched alkanes of at least 4 members (excludes halogenated alkanes) is 6. The lowest BCUT2D eigenvalue weighted by Crippen LogP contribution is -2.02. The number of hydrogen-bond acceptors (Lipinski definition) is 0. The minimum atomic E-state index is 0.170. The molecule has 2 heteroatoms. The van der Waals surface area contributed by atoms with E-state index in [4.69, 9.17) is 0 Å². The van der Waals surface area contributed by atoms with Gasteiger partial charge in [-0.25, -0.2) is 0 Å². The van der Waals surface area contributed by atoms with Crippen LogP contribution in [0.15, 0.2) is 0 Å². The SMILES string of the molecule is CCCCCCCCCC(C)(Br)Br. The molecule has 0 atom stereocenters. The van der Waals surface area contributed by atoms with Crippen molar-refractivity contribution < 1.29 is 0 Å². The van der Waals surface area contributed by atoms with Gasteiger partial charge in [0.1, 0.15) is 0 Å². The summed E-state index contributed by atoms with van der Waals surface area (Å²) in [6.45, 7) is 4.44. The van der Waals surface area contributed by atoms with Crippen molar-refractivity contribution in [3.8, 4) is 0 Å². The molecular formula is C11H22Br2. The Morgan fingerprint density at radius 3 is 1.77 bits per heavy atom. The first-order valence-electron chi connectivity index (χ1n) is 5.44. The van der Waals surface area contributed by atoms with Crippen molar-refractivity contribution >= 4 is 31.9 Å². The monoisotopic (exact) mass is 312 g/mol. The maximum absolute atomic E-state index is 3.59. The largest absolute Gasteiger partial charge is 0.0777 e. The Hall–Kier alpha value is 0.960. The number of alkyl halides is 2. The number of halogens is 2. The molecule has 0 saturated heterocycles. The van der Waals surface area contributed by atoms with Crippen LogP contribution < -0.4 is 0 Å². The zero-order chi connectivity index (χ0) is 10.2. The minimum absolute atomic E-state index is 0.170. The summed E-state index contributed by atoms with van der Waals surface area (Å²) in [5, 5.41) is 0. The fourth-order valence-electron chi connectivity index (χ4n) is 1.39. The van der Waals surface area contributed by atoms with Gasteiger partial charge in [-0.1, -0.05) is 83.7 Å². The van der Waals surface area contributed by atoms with E-state index in [-0.39, 0.29) is 3.23 Å². The van der Waals surface area contributed by atoms with Crippen molar-refractivity contribution in [3.05, 3.63) is 0 Å². The van der Waals surface area contributed by atoms with Crippen molar-refractivity contribution in [1.82, 2.24) is 0 Å². The van der Waals surface area contributed by atoms with Crippen molar-refractivity contribution in [2.24, 2.45) is 0 Å². The number of rotatable bonds is 8. The molecule has 0 aromatic rings. The molecule has 0 saturated carbocycles. The molecule has 0 bridgehead atoms. The van der Waals surface area contributed by atoms with E-state index in [1.165, 1.54) is 51.4 Å². The van der Waals surface area contributed by atoms with Crippen LogP contribution in [-0.4, -0.2) is 3.23 Å². The highest BCUT2D eigenvalue weighted by atomic mass is 79.9. The summed E-state index contributed by atoms with van der Waals surface area (Å²) in [5.74, 6) is 0. The molecule has 13 heavy (non-hydrogen) atoms. The van der Waals surface area contributed by atoms with E-state index in [2.05, 4.69) is 45.7 Å². The Morgan fingerprint density at radius 1 is 0.846 bits per heavy atom. The van der Waals surface area contributed by atoms with Gasteiger partial charge in [0.25, 0.3) is 0 Å². The molecule has 0 aromatic carbocycles. The third kappa shape index (κ3) is 13.0. The van der Waals surface area contributed by atoms with Gasteiger partial charge in [0.15, 0.2) is 0 Å². The molecule has 0 radical (unpaired) electrons. The quantitative estimate of drug-likeness (QED) is 0.402. The summed E-state index contributed by atoms with van der Waals surface area (Å²) in [6.07, 6.45) is 11.0. The standard InChI is InChI=1S/C11H22Br2/c1-3-4-5-6-7-8-9-10-11(2,12)13/h3-10H2,1-2H3. The van der Waals surface area contributed by atoms with E-state index in [1.54, 1.807) is 0 Å².